The van der Waals surface area contributed by atoms with E-state index in [-0.39, 0.29) is 30.0 Å². The van der Waals surface area contributed by atoms with Gasteiger partial charge in [-0.3, -0.25) is 4.99 Å². The molecular formula is C20H32IN5O2. The van der Waals surface area contributed by atoms with Gasteiger partial charge < -0.3 is 24.8 Å². The molecule has 156 valence electrons. The predicted octanol–water partition coefficient (Wildman–Crippen LogP) is 3.39. The summed E-state index contributed by atoms with van der Waals surface area (Å²) in [6, 6.07) is 10.2. The summed E-state index contributed by atoms with van der Waals surface area (Å²) < 4.78 is 10.9. The van der Waals surface area contributed by atoms with Gasteiger partial charge in [0.2, 0.25) is 0 Å². The van der Waals surface area contributed by atoms with Crippen molar-refractivity contribution in [3.05, 3.63) is 47.3 Å². The van der Waals surface area contributed by atoms with E-state index in [2.05, 4.69) is 59.7 Å². The number of halogens is 1. The summed E-state index contributed by atoms with van der Waals surface area (Å²) in [5.74, 6) is 2.72. The first-order valence-electron chi connectivity index (χ1n) is 9.15. The van der Waals surface area contributed by atoms with Crippen LogP contribution in [0.2, 0.25) is 0 Å². The molecular weight excluding hydrogens is 469 g/mol. The van der Waals surface area contributed by atoms with Crippen molar-refractivity contribution >= 4 is 29.9 Å². The molecule has 2 N–H and O–H groups in total. The second kappa shape index (κ2) is 11.9. The third-order valence-electron chi connectivity index (χ3n) is 4.41. The number of rotatable bonds is 8. The Morgan fingerprint density at radius 3 is 2.54 bits per heavy atom. The standard InChI is InChI=1S/C20H31N5O2.HI/c1-14(2)17-11-15(27-24-17)12-22-20(21-3)23-13-18(25(4)5)16-9-7-8-10-19(16)26-6;/h7-11,14,18H,12-13H2,1-6H3,(H2,21,22,23);1H. The van der Waals surface area contributed by atoms with Crippen molar-refractivity contribution in [2.24, 2.45) is 4.99 Å². The number of benzene rings is 1. The average Bonchev–Trinajstić information content (AvgIpc) is 3.14. The summed E-state index contributed by atoms with van der Waals surface area (Å²) in [5, 5.41) is 10.7. The molecule has 1 atom stereocenters. The highest BCUT2D eigenvalue weighted by Gasteiger charge is 2.18. The summed E-state index contributed by atoms with van der Waals surface area (Å²) in [6.45, 7) is 5.39. The fourth-order valence-electron chi connectivity index (χ4n) is 2.78. The van der Waals surface area contributed by atoms with Gasteiger partial charge in [-0.25, -0.2) is 0 Å². The van der Waals surface area contributed by atoms with Gasteiger partial charge in [0, 0.05) is 25.2 Å². The molecule has 0 radical (unpaired) electrons. The Labute approximate surface area is 184 Å². The van der Waals surface area contributed by atoms with Crippen LogP contribution in [-0.2, 0) is 6.54 Å². The summed E-state index contributed by atoms with van der Waals surface area (Å²) in [7, 11) is 7.55. The first kappa shape index (κ1) is 24.2. The Balaban J connectivity index is 0.00000392. The van der Waals surface area contributed by atoms with Crippen LogP contribution in [0.25, 0.3) is 0 Å². The fraction of sp³-hybridized carbons (Fsp3) is 0.500. The van der Waals surface area contributed by atoms with Crippen LogP contribution in [0.3, 0.4) is 0 Å². The van der Waals surface area contributed by atoms with Crippen LogP contribution in [0.4, 0.5) is 0 Å². The van der Waals surface area contributed by atoms with Crippen LogP contribution in [0.1, 0.15) is 42.8 Å². The molecule has 1 unspecified atom stereocenters. The number of ether oxygens (including phenoxy) is 1. The molecule has 0 saturated carbocycles. The van der Waals surface area contributed by atoms with E-state index in [9.17, 15) is 0 Å². The number of nitrogens with one attached hydrogen (secondary N) is 2. The Morgan fingerprint density at radius 1 is 1.25 bits per heavy atom. The van der Waals surface area contributed by atoms with E-state index >= 15 is 0 Å². The summed E-state index contributed by atoms with van der Waals surface area (Å²) in [6.07, 6.45) is 0. The number of hydrogen-bond donors (Lipinski definition) is 2. The maximum Gasteiger partial charge on any atom is 0.191 e. The van der Waals surface area contributed by atoms with Crippen molar-refractivity contribution in [2.75, 3.05) is 34.8 Å². The molecule has 28 heavy (non-hydrogen) atoms. The third-order valence-corrected chi connectivity index (χ3v) is 4.41. The number of hydrogen-bond acceptors (Lipinski definition) is 5. The van der Waals surface area contributed by atoms with Gasteiger partial charge in [0.1, 0.15) is 5.75 Å². The minimum absolute atomic E-state index is 0. The number of methoxy groups -OCH3 is 1. The first-order valence-corrected chi connectivity index (χ1v) is 9.15. The van der Waals surface area contributed by atoms with Crippen LogP contribution in [-0.4, -0.2) is 50.8 Å². The van der Waals surface area contributed by atoms with Gasteiger partial charge in [-0.1, -0.05) is 37.2 Å². The number of para-hydroxylation sites is 1. The normalized spacial score (nSPS) is 12.6. The second-order valence-electron chi connectivity index (χ2n) is 6.90. The number of aromatic nitrogens is 1. The zero-order valence-electron chi connectivity index (χ0n) is 17.5. The lowest BCUT2D eigenvalue weighted by atomic mass is 10.0. The van der Waals surface area contributed by atoms with Gasteiger partial charge in [0.15, 0.2) is 11.7 Å². The highest BCUT2D eigenvalue weighted by Crippen LogP contribution is 2.27. The average molecular weight is 501 g/mol. The molecule has 8 heteroatoms. The summed E-state index contributed by atoms with van der Waals surface area (Å²) in [4.78, 5) is 6.45. The fourth-order valence-corrected chi connectivity index (χ4v) is 2.78. The predicted molar refractivity (Wildman–Crippen MR) is 124 cm³/mol. The Bertz CT molecular complexity index is 746. The molecule has 0 aliphatic rings. The molecule has 7 nitrogen and oxygen atoms in total. The van der Waals surface area contributed by atoms with Crippen molar-refractivity contribution in [1.82, 2.24) is 20.7 Å². The van der Waals surface area contributed by atoms with Crippen molar-refractivity contribution in [3.8, 4) is 5.75 Å². The van der Waals surface area contributed by atoms with E-state index < -0.39 is 0 Å². The Morgan fingerprint density at radius 2 is 1.96 bits per heavy atom. The maximum atomic E-state index is 5.52. The summed E-state index contributed by atoms with van der Waals surface area (Å²) in [5.41, 5.74) is 2.09. The zero-order chi connectivity index (χ0) is 19.8. The minimum atomic E-state index is 0. The molecule has 0 bridgehead atoms. The Hall–Kier alpha value is -1.81. The smallest absolute Gasteiger partial charge is 0.191 e. The SMILES string of the molecule is CN=C(NCc1cc(C(C)C)no1)NCC(c1ccccc1OC)N(C)C.I. The molecule has 1 aromatic carbocycles. The van der Waals surface area contributed by atoms with Crippen LogP contribution < -0.4 is 15.4 Å². The van der Waals surface area contributed by atoms with Gasteiger partial charge in [-0.2, -0.15) is 0 Å². The van der Waals surface area contributed by atoms with Crippen LogP contribution >= 0.6 is 24.0 Å². The Kier molecular flexibility index (Phi) is 10.3. The van der Waals surface area contributed by atoms with Crippen LogP contribution in [0.15, 0.2) is 39.8 Å². The van der Waals surface area contributed by atoms with Gasteiger partial charge in [0.05, 0.1) is 25.4 Å². The lowest BCUT2D eigenvalue weighted by molar-refractivity contribution is 0.287. The largest absolute Gasteiger partial charge is 0.496 e. The van der Waals surface area contributed by atoms with Crippen LogP contribution in [0.5, 0.6) is 5.75 Å². The number of aliphatic imine (C=N–C) groups is 1. The van der Waals surface area contributed by atoms with E-state index in [0.29, 0.717) is 25.0 Å². The zero-order valence-corrected chi connectivity index (χ0v) is 19.9. The monoisotopic (exact) mass is 501 g/mol. The van der Waals surface area contributed by atoms with Gasteiger partial charge in [-0.05, 0) is 26.1 Å². The number of guanidine groups is 1. The van der Waals surface area contributed by atoms with E-state index in [0.717, 1.165) is 22.8 Å². The number of nitrogens with zero attached hydrogens (tertiary/aromatic N) is 3. The second-order valence-corrected chi connectivity index (χ2v) is 6.90. The number of likely N-dealkylation sites (N-methyl/N-ethyl adjacent to an activating group) is 1. The van der Waals surface area contributed by atoms with Crippen molar-refractivity contribution in [2.45, 2.75) is 32.4 Å². The van der Waals surface area contributed by atoms with Crippen LogP contribution in [0, 0.1) is 0 Å². The molecule has 1 heterocycles. The van der Waals surface area contributed by atoms with Gasteiger partial charge >= 0.3 is 0 Å². The molecule has 0 spiro atoms. The van der Waals surface area contributed by atoms with E-state index in [4.69, 9.17) is 9.26 Å². The summed E-state index contributed by atoms with van der Waals surface area (Å²) >= 11 is 0. The van der Waals surface area contributed by atoms with E-state index in [1.165, 1.54) is 0 Å². The molecule has 0 saturated heterocycles. The van der Waals surface area contributed by atoms with Crippen molar-refractivity contribution < 1.29 is 9.26 Å². The molecule has 0 amide bonds. The quantitative estimate of drug-likeness (QED) is 0.328. The van der Waals surface area contributed by atoms with E-state index in [1.807, 2.05) is 24.3 Å². The lowest BCUT2D eigenvalue weighted by Crippen LogP contribution is -2.41. The van der Waals surface area contributed by atoms with Gasteiger partial charge in [-0.15, -0.1) is 24.0 Å². The molecule has 2 rings (SSSR count). The first-order chi connectivity index (χ1) is 13.0. The highest BCUT2D eigenvalue weighted by molar-refractivity contribution is 14.0. The molecule has 0 aliphatic heterocycles. The van der Waals surface area contributed by atoms with E-state index in [1.54, 1.807) is 14.2 Å². The third kappa shape index (κ3) is 6.66. The van der Waals surface area contributed by atoms with Gasteiger partial charge in [0.25, 0.3) is 0 Å². The lowest BCUT2D eigenvalue weighted by Gasteiger charge is -2.27. The maximum absolute atomic E-state index is 5.52. The van der Waals surface area contributed by atoms with Crippen molar-refractivity contribution in [3.63, 3.8) is 0 Å². The minimum Gasteiger partial charge on any atom is -0.496 e. The topological polar surface area (TPSA) is 74.9 Å². The highest BCUT2D eigenvalue weighted by atomic mass is 127. The molecule has 0 fully saturated rings. The molecule has 0 aliphatic carbocycles. The molecule has 2 aromatic rings. The van der Waals surface area contributed by atoms with Crippen molar-refractivity contribution in [1.29, 1.82) is 0 Å². The molecule has 1 aromatic heterocycles.